The van der Waals surface area contributed by atoms with Gasteiger partial charge in [0, 0.05) is 117 Å². The molecule has 532 valence electrons. The Morgan fingerprint density at radius 3 is 1.07 bits per heavy atom. The van der Waals surface area contributed by atoms with E-state index in [9.17, 15) is 0 Å². The molecule has 24 rings (SSSR count). The smallest absolute Gasteiger partial charge is 0.167 e. The summed E-state index contributed by atoms with van der Waals surface area (Å²) in [6.07, 6.45) is 0. The number of rotatable bonds is 10. The molecule has 0 saturated carbocycles. The third kappa shape index (κ3) is 10.9. The summed E-state index contributed by atoms with van der Waals surface area (Å²) in [5.74, 6) is 3.20. The molecule has 0 fully saturated rings. The van der Waals surface area contributed by atoms with Crippen LogP contribution < -0.4 is 0 Å². The van der Waals surface area contributed by atoms with Crippen LogP contribution in [0.5, 0.6) is 0 Å². The van der Waals surface area contributed by atoms with Crippen LogP contribution in [0.25, 0.3) is 230 Å². The predicted octanol–water partition coefficient (Wildman–Crippen LogP) is 27.8. The number of para-hydroxylation sites is 4. The molecule has 0 aliphatic carbocycles. The maximum absolute atomic E-state index is 8.77. The molecule has 0 radical (unpaired) electrons. The van der Waals surface area contributed by atoms with Crippen molar-refractivity contribution in [3.8, 4) is 102 Å². The summed E-state index contributed by atoms with van der Waals surface area (Å²) in [7, 11) is 0. The molecule has 24 aromatic rings. The van der Waals surface area contributed by atoms with Crippen molar-refractivity contribution in [3.05, 3.63) is 364 Å². The van der Waals surface area contributed by atoms with Gasteiger partial charge in [0.15, 0.2) is 34.9 Å². The molecule has 0 spiro atoms. The summed E-state index contributed by atoms with van der Waals surface area (Å²) in [5.41, 5.74) is 16.6. The second-order valence-electron chi connectivity index (χ2n) is 28.4. The van der Waals surface area contributed by atoms with E-state index in [0.717, 1.165) is 115 Å². The van der Waals surface area contributed by atoms with Gasteiger partial charge in [-0.15, -0.1) is 22.7 Å². The second-order valence-corrected chi connectivity index (χ2v) is 30.6. The van der Waals surface area contributed by atoms with Gasteiger partial charge in [-0.2, -0.15) is 0 Å². The highest BCUT2D eigenvalue weighted by Gasteiger charge is 2.26. The van der Waals surface area contributed by atoms with Crippen LogP contribution in [0.1, 0.15) is 6.85 Å². The van der Waals surface area contributed by atoms with Crippen LogP contribution >= 0.6 is 22.7 Å². The molecule has 8 aromatic heterocycles. The fourth-order valence-corrected chi connectivity index (χ4v) is 18.7. The second kappa shape index (κ2) is 26.5. The first kappa shape index (κ1) is 60.0. The van der Waals surface area contributed by atoms with Crippen molar-refractivity contribution in [2.45, 2.75) is 0 Å². The third-order valence-electron chi connectivity index (χ3n) is 21.8. The predicted molar refractivity (Wildman–Crippen MR) is 472 cm³/mol. The van der Waals surface area contributed by atoms with Gasteiger partial charge in [-0.05, 0) is 131 Å². The molecule has 12 heteroatoms. The van der Waals surface area contributed by atoms with Crippen molar-refractivity contribution in [1.82, 2.24) is 39.0 Å². The topological polar surface area (TPSA) is 113 Å². The van der Waals surface area contributed by atoms with E-state index in [0.29, 0.717) is 62.6 Å². The Morgan fingerprint density at radius 2 is 0.579 bits per heavy atom. The first-order valence-electron chi connectivity index (χ1n) is 40.1. The van der Waals surface area contributed by atoms with Crippen molar-refractivity contribution in [1.29, 1.82) is 0 Å². The highest BCUT2D eigenvalue weighted by atomic mass is 32.1. The number of benzene rings is 16. The molecule has 0 unspecified atom stereocenters. The number of hydrogen-bond donors (Lipinski definition) is 0. The Hall–Kier alpha value is -14.8. The highest BCUT2D eigenvalue weighted by Crippen LogP contribution is 2.46. The number of furan rings is 2. The molecule has 0 bridgehead atoms. The standard InChI is InChI=1S/2C51H30N4OS/c1-3-13-31(14-4-1)33-24-26-45-40(27-33)41-29-35(55-43-20-10-7-17-36(43)37-18-8-11-21-44(37)55)30-42(48(41)56-45)51-53-49(32-15-5-2-6-16-32)52-50(54-51)34-23-25-39-38-19-9-12-22-46(38)57-47(39)28-34;1-3-13-31(14-4-1)33-23-25-45-39(27-33)41-29-35(55-43-20-10-7-17-36(43)37-18-8-11-21-44(37)55)30-42(48(41)56-45)51-53-49(32-15-5-2-6-16-32)52-50(54-51)34-24-26-47-40(28-34)38-19-9-12-22-46(38)57-47/h2*1-30H/i1D,3D,4D,13D,14D;. The Morgan fingerprint density at radius 1 is 0.228 bits per heavy atom. The van der Waals surface area contributed by atoms with E-state index < -0.39 is 6.04 Å². The molecule has 0 N–H and O–H groups in total. The Bertz CT molecular complexity index is 8210. The number of thiophene rings is 2. The lowest BCUT2D eigenvalue weighted by atomic mass is 10.0. The molecular weight excluding hydrogens is 1430 g/mol. The number of aromatic nitrogens is 8. The average Bonchev–Trinajstić information content (AvgIpc) is 1.58. The van der Waals surface area contributed by atoms with E-state index in [-0.39, 0.29) is 29.7 Å². The van der Waals surface area contributed by atoms with Gasteiger partial charge < -0.3 is 18.0 Å². The van der Waals surface area contributed by atoms with Crippen molar-refractivity contribution >= 4 is 151 Å². The lowest BCUT2D eigenvalue weighted by Gasteiger charge is -2.12. The normalized spacial score (nSPS) is 12.5. The molecular formula is C102H60N8O2S2. The summed E-state index contributed by atoms with van der Waals surface area (Å²) in [4.78, 5) is 31.2. The Labute approximate surface area is 666 Å². The van der Waals surface area contributed by atoms with E-state index in [2.05, 4.69) is 246 Å². The largest absolute Gasteiger partial charge is 0.455 e. The summed E-state index contributed by atoms with van der Waals surface area (Å²) < 4.78 is 65.6. The molecule has 0 aliphatic rings. The molecule has 114 heavy (non-hydrogen) atoms. The Balaban J connectivity index is 0.000000140. The summed E-state index contributed by atoms with van der Waals surface area (Å²) >= 11 is 3.54. The highest BCUT2D eigenvalue weighted by molar-refractivity contribution is 7.26. The van der Waals surface area contributed by atoms with Crippen LogP contribution in [0.4, 0.5) is 0 Å². The molecule has 0 aliphatic heterocycles. The van der Waals surface area contributed by atoms with Crippen LogP contribution in [0.2, 0.25) is 0 Å². The number of fused-ring (bicyclic) bond motifs is 18. The fourth-order valence-electron chi connectivity index (χ4n) is 16.5. The Kier molecular flexibility index (Phi) is 13.9. The zero-order valence-electron chi connectivity index (χ0n) is 65.5. The quantitative estimate of drug-likeness (QED) is 0.133. The number of hydrogen-bond acceptors (Lipinski definition) is 10. The molecule has 0 saturated heterocycles. The first-order chi connectivity index (χ1) is 58.5. The zero-order valence-corrected chi connectivity index (χ0v) is 62.1. The van der Waals surface area contributed by atoms with E-state index in [1.807, 2.05) is 84.9 Å². The maximum Gasteiger partial charge on any atom is 0.167 e. The summed E-state index contributed by atoms with van der Waals surface area (Å²) in [6, 6.07) is 113. The van der Waals surface area contributed by atoms with Crippen LogP contribution in [-0.2, 0) is 0 Å². The van der Waals surface area contributed by atoms with Gasteiger partial charge in [0.05, 0.1) is 40.0 Å². The van der Waals surface area contributed by atoms with Crippen LogP contribution in [-0.4, -0.2) is 39.0 Å². The van der Waals surface area contributed by atoms with E-state index in [1.165, 1.54) is 46.4 Å². The molecule has 16 aromatic carbocycles. The monoisotopic (exact) mass is 1500 g/mol. The lowest BCUT2D eigenvalue weighted by Crippen LogP contribution is -2.01. The fraction of sp³-hybridized carbons (Fsp3) is 0. The molecule has 0 amide bonds. The van der Waals surface area contributed by atoms with Crippen molar-refractivity contribution in [2.75, 3.05) is 0 Å². The van der Waals surface area contributed by atoms with E-state index in [4.69, 9.17) is 45.6 Å². The zero-order chi connectivity index (χ0) is 79.3. The maximum atomic E-state index is 8.77. The average molecular weight is 1500 g/mol. The molecule has 0 atom stereocenters. The van der Waals surface area contributed by atoms with Crippen molar-refractivity contribution in [3.63, 3.8) is 0 Å². The van der Waals surface area contributed by atoms with Crippen LogP contribution in [0, 0.1) is 0 Å². The van der Waals surface area contributed by atoms with E-state index >= 15 is 0 Å². The van der Waals surface area contributed by atoms with Gasteiger partial charge in [-0.25, -0.2) is 29.9 Å². The van der Waals surface area contributed by atoms with Crippen molar-refractivity contribution in [2.24, 2.45) is 0 Å². The number of nitrogens with zero attached hydrogens (tertiary/aromatic N) is 8. The SMILES string of the molecule is [2H]c1c([2H])c([2H])c(-c2ccc3oc4c(-c5nc(-c6ccccc6)nc(-c6ccc7c(c6)sc6ccccc67)n5)cc(-n5c6ccccc6c6ccccc65)cc4c3c2)c([2H])c1[2H].c1ccc(-c2ccc3oc4c(-c5nc(-c6ccccc6)nc(-c6ccc7sc8ccccc8c7c6)n5)cc(-n5c6ccccc6c6ccccc65)cc4c3c2)cc1. The van der Waals surface area contributed by atoms with E-state index in [1.54, 1.807) is 34.8 Å². The minimum Gasteiger partial charge on any atom is -0.455 e. The summed E-state index contributed by atoms with van der Waals surface area (Å²) in [5, 5.41) is 12.9. The molecule has 8 heterocycles. The van der Waals surface area contributed by atoms with Gasteiger partial charge >= 0.3 is 0 Å². The lowest BCUT2D eigenvalue weighted by molar-refractivity contribution is 0.669. The minimum atomic E-state index is -0.436. The van der Waals surface area contributed by atoms with Gasteiger partial charge in [0.1, 0.15) is 22.3 Å². The van der Waals surface area contributed by atoms with Crippen LogP contribution in [0.3, 0.4) is 0 Å². The molecule has 10 nitrogen and oxygen atoms in total. The van der Waals surface area contributed by atoms with Gasteiger partial charge in [0.2, 0.25) is 0 Å². The van der Waals surface area contributed by atoms with Gasteiger partial charge in [-0.1, -0.05) is 255 Å². The van der Waals surface area contributed by atoms with Crippen molar-refractivity contribution < 1.29 is 15.7 Å². The van der Waals surface area contributed by atoms with Gasteiger partial charge in [0.25, 0.3) is 0 Å². The summed E-state index contributed by atoms with van der Waals surface area (Å²) in [6.45, 7) is 0. The first-order valence-corrected chi connectivity index (χ1v) is 39.2. The minimum absolute atomic E-state index is 0.122. The van der Waals surface area contributed by atoms with Gasteiger partial charge in [-0.3, -0.25) is 0 Å². The van der Waals surface area contributed by atoms with Crippen LogP contribution in [0.15, 0.2) is 373 Å². The third-order valence-corrected chi connectivity index (χ3v) is 24.1.